The zero-order chi connectivity index (χ0) is 17.0. The standard InChI is InChI=1S/C18H28FN3O/c1-14-12-21(18(23)16-7-5-8-17(19)11-16)13-15(2)22(14)10-6-9-20(3)4/h5,7-8,11,14-15H,6,9-10,12-13H2,1-4H3. The molecule has 1 amide bonds. The van der Waals surface area contributed by atoms with Gasteiger partial charge in [0, 0.05) is 37.3 Å². The Bertz CT molecular complexity index is 523. The lowest BCUT2D eigenvalue weighted by atomic mass is 10.1. The van der Waals surface area contributed by atoms with Crippen molar-refractivity contribution in [2.45, 2.75) is 32.4 Å². The van der Waals surface area contributed by atoms with Gasteiger partial charge in [0.15, 0.2) is 0 Å². The fourth-order valence-electron chi connectivity index (χ4n) is 3.34. The first-order chi connectivity index (χ1) is 10.9. The predicted octanol–water partition coefficient (Wildman–Crippen LogP) is 2.31. The van der Waals surface area contributed by atoms with Crippen molar-refractivity contribution in [1.82, 2.24) is 14.7 Å². The van der Waals surface area contributed by atoms with E-state index in [-0.39, 0.29) is 11.7 Å². The summed E-state index contributed by atoms with van der Waals surface area (Å²) in [6.45, 7) is 7.84. The highest BCUT2D eigenvalue weighted by molar-refractivity contribution is 5.94. The summed E-state index contributed by atoms with van der Waals surface area (Å²) in [5.74, 6) is -0.435. The molecule has 5 heteroatoms. The zero-order valence-corrected chi connectivity index (χ0v) is 14.6. The highest BCUT2D eigenvalue weighted by Gasteiger charge is 2.31. The van der Waals surface area contributed by atoms with Gasteiger partial charge in [0.05, 0.1) is 0 Å². The van der Waals surface area contributed by atoms with Crippen LogP contribution in [0, 0.1) is 5.82 Å². The third-order valence-corrected chi connectivity index (χ3v) is 4.48. The van der Waals surface area contributed by atoms with Crippen LogP contribution in [0.1, 0.15) is 30.6 Å². The van der Waals surface area contributed by atoms with Crippen molar-refractivity contribution < 1.29 is 9.18 Å². The lowest BCUT2D eigenvalue weighted by molar-refractivity contribution is 0.0295. The van der Waals surface area contributed by atoms with Gasteiger partial charge in [-0.25, -0.2) is 4.39 Å². The SMILES string of the molecule is CC1CN(C(=O)c2cccc(F)c2)CC(C)N1CCCN(C)C. The van der Waals surface area contributed by atoms with Gasteiger partial charge in [-0.1, -0.05) is 6.07 Å². The second-order valence-corrected chi connectivity index (χ2v) is 6.81. The van der Waals surface area contributed by atoms with Crippen molar-refractivity contribution in [2.75, 3.05) is 40.3 Å². The highest BCUT2D eigenvalue weighted by atomic mass is 19.1. The molecule has 1 aromatic carbocycles. The minimum Gasteiger partial charge on any atom is -0.336 e. The van der Waals surface area contributed by atoms with Gasteiger partial charge in [-0.15, -0.1) is 0 Å². The first-order valence-electron chi connectivity index (χ1n) is 8.34. The minimum atomic E-state index is -0.362. The van der Waals surface area contributed by atoms with Crippen LogP contribution in [-0.2, 0) is 0 Å². The Morgan fingerprint density at radius 3 is 2.48 bits per heavy atom. The van der Waals surface area contributed by atoms with E-state index in [9.17, 15) is 9.18 Å². The quantitative estimate of drug-likeness (QED) is 0.833. The Morgan fingerprint density at radius 2 is 1.91 bits per heavy atom. The Kier molecular flexibility index (Phi) is 6.13. The molecular weight excluding hydrogens is 293 g/mol. The van der Waals surface area contributed by atoms with Crippen LogP contribution in [0.25, 0.3) is 0 Å². The van der Waals surface area contributed by atoms with Crippen molar-refractivity contribution in [2.24, 2.45) is 0 Å². The average Bonchev–Trinajstić information content (AvgIpc) is 2.48. The monoisotopic (exact) mass is 321 g/mol. The van der Waals surface area contributed by atoms with E-state index < -0.39 is 0 Å². The van der Waals surface area contributed by atoms with E-state index in [2.05, 4.69) is 37.7 Å². The number of benzene rings is 1. The number of carbonyl (C=O) groups is 1. The summed E-state index contributed by atoms with van der Waals surface area (Å²) < 4.78 is 13.3. The van der Waals surface area contributed by atoms with E-state index in [0.29, 0.717) is 30.7 Å². The fourth-order valence-corrected chi connectivity index (χ4v) is 3.34. The topological polar surface area (TPSA) is 26.8 Å². The second-order valence-electron chi connectivity index (χ2n) is 6.81. The molecule has 1 aliphatic rings. The van der Waals surface area contributed by atoms with E-state index in [1.54, 1.807) is 12.1 Å². The maximum Gasteiger partial charge on any atom is 0.254 e. The van der Waals surface area contributed by atoms with E-state index in [4.69, 9.17) is 0 Å². The maximum absolute atomic E-state index is 13.3. The molecule has 4 nitrogen and oxygen atoms in total. The summed E-state index contributed by atoms with van der Waals surface area (Å²) in [7, 11) is 4.17. The molecule has 0 radical (unpaired) electrons. The number of carbonyl (C=O) groups excluding carboxylic acids is 1. The molecule has 1 saturated heterocycles. The second kappa shape index (κ2) is 7.88. The average molecular weight is 321 g/mol. The van der Waals surface area contributed by atoms with Crippen molar-refractivity contribution in [1.29, 1.82) is 0 Å². The molecular formula is C18H28FN3O. The van der Waals surface area contributed by atoms with E-state index >= 15 is 0 Å². The van der Waals surface area contributed by atoms with Crippen LogP contribution in [0.5, 0.6) is 0 Å². The molecule has 2 rings (SSSR count). The van der Waals surface area contributed by atoms with Crippen LogP contribution in [0.4, 0.5) is 4.39 Å². The molecule has 1 heterocycles. The normalized spacial score (nSPS) is 22.6. The van der Waals surface area contributed by atoms with Crippen molar-refractivity contribution in [3.05, 3.63) is 35.6 Å². The zero-order valence-electron chi connectivity index (χ0n) is 14.6. The molecule has 0 aromatic heterocycles. The van der Waals surface area contributed by atoms with Crippen LogP contribution in [0.3, 0.4) is 0 Å². The molecule has 0 aliphatic carbocycles. The van der Waals surface area contributed by atoms with Gasteiger partial charge in [-0.05, 0) is 59.1 Å². The van der Waals surface area contributed by atoms with Gasteiger partial charge >= 0.3 is 0 Å². The van der Waals surface area contributed by atoms with Gasteiger partial charge in [0.2, 0.25) is 0 Å². The lowest BCUT2D eigenvalue weighted by Gasteiger charge is -2.44. The van der Waals surface area contributed by atoms with Gasteiger partial charge in [-0.2, -0.15) is 0 Å². The van der Waals surface area contributed by atoms with Crippen molar-refractivity contribution >= 4 is 5.91 Å². The van der Waals surface area contributed by atoms with Crippen LogP contribution in [0.15, 0.2) is 24.3 Å². The molecule has 2 atom stereocenters. The molecule has 0 bridgehead atoms. The number of piperazine rings is 1. The van der Waals surface area contributed by atoms with Gasteiger partial charge in [-0.3, -0.25) is 9.69 Å². The third-order valence-electron chi connectivity index (χ3n) is 4.48. The lowest BCUT2D eigenvalue weighted by Crippen LogP contribution is -2.58. The first-order valence-corrected chi connectivity index (χ1v) is 8.34. The fraction of sp³-hybridized carbons (Fsp3) is 0.611. The number of hydrogen-bond donors (Lipinski definition) is 0. The molecule has 128 valence electrons. The molecule has 0 saturated carbocycles. The number of rotatable bonds is 5. The number of amides is 1. The molecule has 1 aromatic rings. The van der Waals surface area contributed by atoms with E-state index in [0.717, 1.165) is 19.5 Å². The number of nitrogens with zero attached hydrogens (tertiary/aromatic N) is 3. The summed E-state index contributed by atoms with van der Waals surface area (Å²) in [6, 6.07) is 6.60. The summed E-state index contributed by atoms with van der Waals surface area (Å²) >= 11 is 0. The Hall–Kier alpha value is -1.46. The predicted molar refractivity (Wildman–Crippen MR) is 91.1 cm³/mol. The van der Waals surface area contributed by atoms with Gasteiger partial charge < -0.3 is 9.80 Å². The van der Waals surface area contributed by atoms with Crippen LogP contribution < -0.4 is 0 Å². The Balaban J connectivity index is 1.97. The summed E-state index contributed by atoms with van der Waals surface area (Å²) in [6.07, 6.45) is 1.12. The Morgan fingerprint density at radius 1 is 1.26 bits per heavy atom. The van der Waals surface area contributed by atoms with Crippen LogP contribution in [-0.4, -0.2) is 73.0 Å². The number of hydrogen-bond acceptors (Lipinski definition) is 3. The summed E-state index contributed by atoms with van der Waals surface area (Å²) in [4.78, 5) is 19.1. The number of halogens is 1. The third kappa shape index (κ3) is 4.75. The van der Waals surface area contributed by atoms with Crippen LogP contribution >= 0.6 is 0 Å². The largest absolute Gasteiger partial charge is 0.336 e. The molecule has 0 N–H and O–H groups in total. The summed E-state index contributed by atoms with van der Waals surface area (Å²) in [5, 5.41) is 0. The highest BCUT2D eigenvalue weighted by Crippen LogP contribution is 2.18. The van der Waals surface area contributed by atoms with E-state index in [1.165, 1.54) is 12.1 Å². The van der Waals surface area contributed by atoms with Crippen molar-refractivity contribution in [3.63, 3.8) is 0 Å². The maximum atomic E-state index is 13.3. The summed E-state index contributed by atoms with van der Waals surface area (Å²) in [5.41, 5.74) is 0.436. The van der Waals surface area contributed by atoms with Gasteiger partial charge in [0.25, 0.3) is 5.91 Å². The first kappa shape index (κ1) is 17.9. The van der Waals surface area contributed by atoms with Crippen molar-refractivity contribution in [3.8, 4) is 0 Å². The molecule has 0 spiro atoms. The molecule has 1 fully saturated rings. The minimum absolute atomic E-state index is 0.0730. The van der Waals surface area contributed by atoms with Gasteiger partial charge in [0.1, 0.15) is 5.82 Å². The Labute approximate surface area is 138 Å². The molecule has 1 aliphatic heterocycles. The van der Waals surface area contributed by atoms with E-state index in [1.807, 2.05) is 4.90 Å². The molecule has 23 heavy (non-hydrogen) atoms. The molecule has 2 unspecified atom stereocenters. The smallest absolute Gasteiger partial charge is 0.254 e. The van der Waals surface area contributed by atoms with Crippen LogP contribution in [0.2, 0.25) is 0 Å².